The van der Waals surface area contributed by atoms with Crippen LogP contribution in [0.3, 0.4) is 0 Å². The van der Waals surface area contributed by atoms with Crippen molar-refractivity contribution in [2.75, 3.05) is 18.1 Å². The number of carbonyl (C=O) groups excluding carboxylic acids is 1. The molecular formula is C13H15NO2. The number of benzene rings is 1. The van der Waals surface area contributed by atoms with Gasteiger partial charge in [-0.1, -0.05) is 18.2 Å². The maximum atomic E-state index is 12.2. The normalized spacial score (nSPS) is 23.5. The standard InChI is InChI=1S/C13H15NO2/c15-13(12-6-3-9-16-12)14-8-7-10-4-1-2-5-11(10)14/h1-2,4-5,12H,3,6-9H2. The van der Waals surface area contributed by atoms with Gasteiger partial charge in [-0.3, -0.25) is 4.79 Å². The third-order valence-electron chi connectivity index (χ3n) is 3.36. The van der Waals surface area contributed by atoms with Crippen LogP contribution in [0.4, 0.5) is 5.69 Å². The van der Waals surface area contributed by atoms with E-state index in [9.17, 15) is 4.79 Å². The summed E-state index contributed by atoms with van der Waals surface area (Å²) in [5.74, 6) is 0.141. The van der Waals surface area contributed by atoms with Crippen LogP contribution in [0.2, 0.25) is 0 Å². The van der Waals surface area contributed by atoms with E-state index < -0.39 is 0 Å². The van der Waals surface area contributed by atoms with E-state index in [-0.39, 0.29) is 12.0 Å². The van der Waals surface area contributed by atoms with Crippen LogP contribution in [0.1, 0.15) is 18.4 Å². The molecule has 2 aliphatic heterocycles. The lowest BCUT2D eigenvalue weighted by atomic mass is 10.1. The number of amides is 1. The number of nitrogens with zero attached hydrogens (tertiary/aromatic N) is 1. The molecule has 2 aliphatic rings. The highest BCUT2D eigenvalue weighted by atomic mass is 16.5. The minimum atomic E-state index is -0.203. The number of carbonyl (C=O) groups is 1. The fourth-order valence-corrected chi connectivity index (χ4v) is 2.51. The van der Waals surface area contributed by atoms with E-state index in [1.54, 1.807) is 0 Å². The van der Waals surface area contributed by atoms with Gasteiger partial charge in [0.15, 0.2) is 0 Å². The third kappa shape index (κ3) is 1.52. The maximum Gasteiger partial charge on any atom is 0.256 e. The Hall–Kier alpha value is -1.35. The summed E-state index contributed by atoms with van der Waals surface area (Å²) in [5.41, 5.74) is 2.34. The van der Waals surface area contributed by atoms with Crippen molar-refractivity contribution in [2.24, 2.45) is 0 Å². The Balaban J connectivity index is 1.84. The molecule has 1 aromatic carbocycles. The quantitative estimate of drug-likeness (QED) is 0.717. The zero-order chi connectivity index (χ0) is 11.0. The average molecular weight is 217 g/mol. The highest BCUT2D eigenvalue weighted by Crippen LogP contribution is 2.29. The molecule has 0 spiro atoms. The number of hydrogen-bond acceptors (Lipinski definition) is 2. The summed E-state index contributed by atoms with van der Waals surface area (Å²) in [7, 11) is 0. The van der Waals surface area contributed by atoms with Crippen molar-refractivity contribution < 1.29 is 9.53 Å². The Labute approximate surface area is 95.0 Å². The Kier molecular flexibility index (Phi) is 2.40. The van der Waals surface area contributed by atoms with Crippen molar-refractivity contribution in [3.05, 3.63) is 29.8 Å². The van der Waals surface area contributed by atoms with Gasteiger partial charge in [-0.05, 0) is 30.9 Å². The average Bonchev–Trinajstić information content (AvgIpc) is 2.98. The molecule has 1 unspecified atom stereocenters. The molecule has 84 valence electrons. The fraction of sp³-hybridized carbons (Fsp3) is 0.462. The van der Waals surface area contributed by atoms with Crippen molar-refractivity contribution in [2.45, 2.75) is 25.4 Å². The first kappa shape index (κ1) is 9.85. The second-order valence-corrected chi connectivity index (χ2v) is 4.37. The molecule has 3 heteroatoms. The summed E-state index contributed by atoms with van der Waals surface area (Å²) < 4.78 is 5.45. The van der Waals surface area contributed by atoms with Gasteiger partial charge < -0.3 is 9.64 Å². The van der Waals surface area contributed by atoms with Gasteiger partial charge in [0.2, 0.25) is 0 Å². The maximum absolute atomic E-state index is 12.2. The SMILES string of the molecule is O=C(C1CCCO1)N1CCc2ccccc21. The topological polar surface area (TPSA) is 29.5 Å². The molecule has 1 aromatic rings. The Morgan fingerprint density at radius 1 is 1.38 bits per heavy atom. The molecule has 0 aromatic heterocycles. The van der Waals surface area contributed by atoms with E-state index in [4.69, 9.17) is 4.74 Å². The second-order valence-electron chi connectivity index (χ2n) is 4.37. The van der Waals surface area contributed by atoms with Crippen LogP contribution in [-0.2, 0) is 16.0 Å². The van der Waals surface area contributed by atoms with Crippen LogP contribution in [0.15, 0.2) is 24.3 Å². The molecule has 16 heavy (non-hydrogen) atoms. The molecule has 2 heterocycles. The number of fused-ring (bicyclic) bond motifs is 1. The van der Waals surface area contributed by atoms with Crippen LogP contribution in [0.25, 0.3) is 0 Å². The Morgan fingerprint density at radius 2 is 2.25 bits per heavy atom. The summed E-state index contributed by atoms with van der Waals surface area (Å²) in [6.45, 7) is 1.53. The van der Waals surface area contributed by atoms with Crippen LogP contribution in [0, 0.1) is 0 Å². The minimum Gasteiger partial charge on any atom is -0.368 e. The summed E-state index contributed by atoms with van der Waals surface area (Å²) in [5, 5.41) is 0. The molecule has 1 saturated heterocycles. The number of rotatable bonds is 1. The van der Waals surface area contributed by atoms with Crippen LogP contribution in [-0.4, -0.2) is 25.2 Å². The second kappa shape index (κ2) is 3.91. The molecule has 3 nitrogen and oxygen atoms in total. The van der Waals surface area contributed by atoms with Crippen molar-refractivity contribution in [1.82, 2.24) is 0 Å². The van der Waals surface area contributed by atoms with Gasteiger partial charge in [-0.2, -0.15) is 0 Å². The predicted octanol–water partition coefficient (Wildman–Crippen LogP) is 1.75. The summed E-state index contributed by atoms with van der Waals surface area (Å²) in [6.07, 6.45) is 2.64. The van der Waals surface area contributed by atoms with E-state index in [0.717, 1.165) is 38.1 Å². The van der Waals surface area contributed by atoms with Crippen LogP contribution >= 0.6 is 0 Å². The van der Waals surface area contributed by atoms with Gasteiger partial charge in [0.05, 0.1) is 0 Å². The zero-order valence-electron chi connectivity index (χ0n) is 9.19. The predicted molar refractivity (Wildman–Crippen MR) is 61.5 cm³/mol. The molecule has 0 radical (unpaired) electrons. The number of anilines is 1. The zero-order valence-corrected chi connectivity index (χ0v) is 9.19. The van der Waals surface area contributed by atoms with Crippen molar-refractivity contribution in [1.29, 1.82) is 0 Å². The molecule has 1 atom stereocenters. The van der Waals surface area contributed by atoms with Gasteiger partial charge in [0.1, 0.15) is 6.10 Å². The van der Waals surface area contributed by atoms with E-state index in [1.807, 2.05) is 23.1 Å². The monoisotopic (exact) mass is 217 g/mol. The highest BCUT2D eigenvalue weighted by Gasteiger charge is 2.32. The summed E-state index contributed by atoms with van der Waals surface area (Å²) >= 11 is 0. The van der Waals surface area contributed by atoms with Gasteiger partial charge in [-0.15, -0.1) is 0 Å². The van der Waals surface area contributed by atoms with Gasteiger partial charge in [-0.25, -0.2) is 0 Å². The molecule has 1 fully saturated rings. The smallest absolute Gasteiger partial charge is 0.256 e. The molecular weight excluding hydrogens is 202 g/mol. The number of ether oxygens (including phenoxy) is 1. The first-order chi connectivity index (χ1) is 7.86. The minimum absolute atomic E-state index is 0.141. The van der Waals surface area contributed by atoms with Gasteiger partial charge in [0.25, 0.3) is 5.91 Å². The van der Waals surface area contributed by atoms with E-state index in [2.05, 4.69) is 6.07 Å². The lowest BCUT2D eigenvalue weighted by molar-refractivity contribution is -0.127. The lowest BCUT2D eigenvalue weighted by Crippen LogP contribution is -2.37. The van der Waals surface area contributed by atoms with E-state index in [0.29, 0.717) is 0 Å². The van der Waals surface area contributed by atoms with Crippen molar-refractivity contribution in [3.8, 4) is 0 Å². The molecule has 3 rings (SSSR count). The highest BCUT2D eigenvalue weighted by molar-refractivity contribution is 5.98. The third-order valence-corrected chi connectivity index (χ3v) is 3.36. The van der Waals surface area contributed by atoms with Gasteiger partial charge in [0, 0.05) is 18.8 Å². The van der Waals surface area contributed by atoms with Crippen molar-refractivity contribution in [3.63, 3.8) is 0 Å². The van der Waals surface area contributed by atoms with Crippen LogP contribution in [0.5, 0.6) is 0 Å². The molecule has 0 aliphatic carbocycles. The van der Waals surface area contributed by atoms with Crippen LogP contribution < -0.4 is 4.90 Å². The number of para-hydroxylation sites is 1. The summed E-state index contributed by atoms with van der Waals surface area (Å²) in [6, 6.07) is 8.13. The number of hydrogen-bond donors (Lipinski definition) is 0. The van der Waals surface area contributed by atoms with E-state index >= 15 is 0 Å². The molecule has 0 saturated carbocycles. The molecule has 1 amide bonds. The fourth-order valence-electron chi connectivity index (χ4n) is 2.51. The molecule has 0 bridgehead atoms. The molecule has 0 N–H and O–H groups in total. The Bertz CT molecular complexity index is 410. The van der Waals surface area contributed by atoms with Crippen molar-refractivity contribution >= 4 is 11.6 Å². The van der Waals surface area contributed by atoms with Gasteiger partial charge >= 0.3 is 0 Å². The first-order valence-corrected chi connectivity index (χ1v) is 5.87. The summed E-state index contributed by atoms with van der Waals surface area (Å²) in [4.78, 5) is 14.1. The lowest BCUT2D eigenvalue weighted by Gasteiger charge is -2.20. The largest absolute Gasteiger partial charge is 0.368 e. The van der Waals surface area contributed by atoms with E-state index in [1.165, 1.54) is 5.56 Å². The first-order valence-electron chi connectivity index (χ1n) is 5.87. The Morgan fingerprint density at radius 3 is 3.06 bits per heavy atom.